The van der Waals surface area contributed by atoms with E-state index in [1.165, 1.54) is 18.2 Å². The van der Waals surface area contributed by atoms with Crippen LogP contribution in [-0.2, 0) is 9.47 Å². The number of benzene rings is 2. The molecule has 0 spiro atoms. The fraction of sp³-hybridized carbons (Fsp3) is 0.316. The van der Waals surface area contributed by atoms with Crippen molar-refractivity contribution in [3.63, 3.8) is 0 Å². The summed E-state index contributed by atoms with van der Waals surface area (Å²) in [5.41, 5.74) is 2.52. The molecule has 1 heterocycles. The minimum absolute atomic E-state index is 0.151. The van der Waals surface area contributed by atoms with Gasteiger partial charge < -0.3 is 14.8 Å². The Hall–Kier alpha value is -2.33. The summed E-state index contributed by atoms with van der Waals surface area (Å²) in [6, 6.07) is 21.1. The van der Waals surface area contributed by atoms with Crippen molar-refractivity contribution in [3.05, 3.63) is 71.8 Å². The number of carbonyl (C=O) groups is 1. The molecule has 120 valence electrons. The molecule has 0 aliphatic carbocycles. The van der Waals surface area contributed by atoms with Crippen LogP contribution < -0.4 is 5.32 Å². The number of carbonyl (C=O) groups excluding carboxylic acids is 1. The monoisotopic (exact) mass is 311 g/mol. The molecule has 1 aliphatic heterocycles. The predicted octanol–water partition coefficient (Wildman–Crippen LogP) is 3.33. The van der Waals surface area contributed by atoms with Crippen molar-refractivity contribution < 1.29 is 14.3 Å². The fourth-order valence-corrected chi connectivity index (χ4v) is 3.24. The van der Waals surface area contributed by atoms with Crippen molar-refractivity contribution in [1.29, 1.82) is 0 Å². The molecule has 0 radical (unpaired) electrons. The normalized spacial score (nSPS) is 20.4. The first kappa shape index (κ1) is 15.6. The van der Waals surface area contributed by atoms with Gasteiger partial charge in [-0.2, -0.15) is 0 Å². The Morgan fingerprint density at radius 3 is 2.13 bits per heavy atom. The summed E-state index contributed by atoms with van der Waals surface area (Å²) in [5.74, 6) is 0.226. The van der Waals surface area contributed by atoms with E-state index in [0.29, 0.717) is 6.54 Å². The first-order chi connectivity index (χ1) is 11.3. The van der Waals surface area contributed by atoms with E-state index in [9.17, 15) is 4.79 Å². The van der Waals surface area contributed by atoms with E-state index in [0.717, 1.165) is 6.42 Å². The molecular formula is C19H21NO3. The van der Waals surface area contributed by atoms with Crippen LogP contribution in [0.2, 0.25) is 0 Å². The molecule has 2 unspecified atom stereocenters. The van der Waals surface area contributed by atoms with Crippen LogP contribution in [0.15, 0.2) is 60.7 Å². The quantitative estimate of drug-likeness (QED) is 0.880. The topological polar surface area (TPSA) is 47.6 Å². The summed E-state index contributed by atoms with van der Waals surface area (Å²) in [4.78, 5) is 11.3. The highest BCUT2D eigenvalue weighted by atomic mass is 16.7. The Balaban J connectivity index is 1.81. The number of hydrogen-bond donors (Lipinski definition) is 1. The molecule has 0 saturated carbocycles. The van der Waals surface area contributed by atoms with Gasteiger partial charge in [0.05, 0.1) is 7.11 Å². The highest BCUT2D eigenvalue weighted by molar-refractivity contribution is 5.59. The lowest BCUT2D eigenvalue weighted by Gasteiger charge is -2.25. The van der Waals surface area contributed by atoms with E-state index in [4.69, 9.17) is 4.74 Å². The first-order valence-electron chi connectivity index (χ1n) is 7.86. The van der Waals surface area contributed by atoms with Gasteiger partial charge in [-0.05, 0) is 11.1 Å². The molecule has 1 aliphatic rings. The summed E-state index contributed by atoms with van der Waals surface area (Å²) < 4.78 is 9.88. The van der Waals surface area contributed by atoms with E-state index in [-0.39, 0.29) is 18.1 Å². The molecule has 0 aromatic heterocycles. The van der Waals surface area contributed by atoms with Gasteiger partial charge in [0.1, 0.15) is 6.10 Å². The highest BCUT2D eigenvalue weighted by Crippen LogP contribution is 2.32. The first-order valence-corrected chi connectivity index (χ1v) is 7.86. The van der Waals surface area contributed by atoms with Gasteiger partial charge in [0.2, 0.25) is 0 Å². The lowest BCUT2D eigenvalue weighted by atomic mass is 9.84. The molecule has 2 atom stereocenters. The van der Waals surface area contributed by atoms with Gasteiger partial charge in [0, 0.05) is 24.9 Å². The van der Waals surface area contributed by atoms with Crippen LogP contribution in [0.1, 0.15) is 23.5 Å². The molecule has 4 nitrogen and oxygen atoms in total. The molecule has 0 bridgehead atoms. The second-order valence-electron chi connectivity index (χ2n) is 5.74. The second-order valence-corrected chi connectivity index (χ2v) is 5.74. The maximum absolute atomic E-state index is 11.3. The van der Waals surface area contributed by atoms with Crippen molar-refractivity contribution in [2.24, 2.45) is 0 Å². The zero-order chi connectivity index (χ0) is 16.1. The molecule has 4 heteroatoms. The molecule has 2 aromatic rings. The second kappa shape index (κ2) is 7.29. The van der Waals surface area contributed by atoms with E-state index in [1.807, 2.05) is 12.1 Å². The zero-order valence-corrected chi connectivity index (χ0v) is 13.1. The van der Waals surface area contributed by atoms with Gasteiger partial charge in [0.25, 0.3) is 0 Å². The van der Waals surface area contributed by atoms with Crippen LogP contribution in [0.5, 0.6) is 0 Å². The number of nitrogens with one attached hydrogen (secondary N) is 1. The van der Waals surface area contributed by atoms with Gasteiger partial charge in [-0.3, -0.25) is 0 Å². The minimum Gasteiger partial charge on any atom is -0.438 e. The van der Waals surface area contributed by atoms with Crippen molar-refractivity contribution in [3.8, 4) is 0 Å². The van der Waals surface area contributed by atoms with E-state index in [2.05, 4.69) is 58.6 Å². The Morgan fingerprint density at radius 2 is 1.61 bits per heavy atom. The van der Waals surface area contributed by atoms with Crippen LogP contribution in [0.4, 0.5) is 4.79 Å². The SMILES string of the molecule is COC(=O)OC1CNC(C(c2ccccc2)c2ccccc2)C1. The largest absolute Gasteiger partial charge is 0.508 e. The van der Waals surface area contributed by atoms with Crippen molar-refractivity contribution in [2.45, 2.75) is 24.5 Å². The Labute approximate surface area is 136 Å². The molecule has 1 fully saturated rings. The highest BCUT2D eigenvalue weighted by Gasteiger charge is 2.34. The molecule has 1 saturated heterocycles. The number of rotatable bonds is 4. The molecule has 0 amide bonds. The van der Waals surface area contributed by atoms with Crippen molar-refractivity contribution >= 4 is 6.16 Å². The van der Waals surface area contributed by atoms with Crippen LogP contribution in [0.3, 0.4) is 0 Å². The standard InChI is InChI=1S/C19H21NO3/c1-22-19(21)23-16-12-17(20-13-16)18(14-8-4-2-5-9-14)15-10-6-3-7-11-15/h2-11,16-18,20H,12-13H2,1H3. The zero-order valence-electron chi connectivity index (χ0n) is 13.1. The van der Waals surface area contributed by atoms with Crippen LogP contribution in [-0.4, -0.2) is 32.0 Å². The Kier molecular flexibility index (Phi) is 4.93. The smallest absolute Gasteiger partial charge is 0.438 e. The number of methoxy groups -OCH3 is 1. The number of hydrogen-bond acceptors (Lipinski definition) is 4. The third-order valence-corrected chi connectivity index (χ3v) is 4.27. The average Bonchev–Trinajstić information content (AvgIpc) is 3.05. The lowest BCUT2D eigenvalue weighted by Crippen LogP contribution is -2.29. The molecular weight excluding hydrogens is 290 g/mol. The van der Waals surface area contributed by atoms with Crippen molar-refractivity contribution in [1.82, 2.24) is 5.32 Å². The maximum atomic E-state index is 11.3. The third kappa shape index (κ3) is 3.71. The molecule has 2 aromatic carbocycles. The average molecular weight is 311 g/mol. The van der Waals surface area contributed by atoms with Gasteiger partial charge in [-0.25, -0.2) is 4.79 Å². The molecule has 3 rings (SSSR count). The predicted molar refractivity (Wildman–Crippen MR) is 88.4 cm³/mol. The summed E-state index contributed by atoms with van der Waals surface area (Å²) in [6.07, 6.45) is -0.000365. The number of ether oxygens (including phenoxy) is 2. The minimum atomic E-state index is -0.617. The van der Waals surface area contributed by atoms with Gasteiger partial charge in [0.15, 0.2) is 0 Å². The Bertz CT molecular complexity index is 590. The van der Waals surface area contributed by atoms with Crippen LogP contribution >= 0.6 is 0 Å². The lowest BCUT2D eigenvalue weighted by molar-refractivity contribution is 0.0430. The fourth-order valence-electron chi connectivity index (χ4n) is 3.24. The van der Waals surface area contributed by atoms with Crippen molar-refractivity contribution in [2.75, 3.05) is 13.7 Å². The summed E-state index contributed by atoms with van der Waals surface area (Å²) >= 11 is 0. The molecule has 23 heavy (non-hydrogen) atoms. The summed E-state index contributed by atoms with van der Waals surface area (Å²) in [6.45, 7) is 0.649. The third-order valence-electron chi connectivity index (χ3n) is 4.27. The summed E-state index contributed by atoms with van der Waals surface area (Å²) in [7, 11) is 1.33. The van der Waals surface area contributed by atoms with Gasteiger partial charge in [-0.15, -0.1) is 0 Å². The van der Waals surface area contributed by atoms with E-state index >= 15 is 0 Å². The van der Waals surface area contributed by atoms with Gasteiger partial charge in [-0.1, -0.05) is 60.7 Å². The van der Waals surface area contributed by atoms with E-state index < -0.39 is 6.16 Å². The molecule has 1 N–H and O–H groups in total. The van der Waals surface area contributed by atoms with Crippen LogP contribution in [0, 0.1) is 0 Å². The van der Waals surface area contributed by atoms with Crippen LogP contribution in [0.25, 0.3) is 0 Å². The summed E-state index contributed by atoms with van der Waals surface area (Å²) in [5, 5.41) is 3.50. The van der Waals surface area contributed by atoms with E-state index in [1.54, 1.807) is 0 Å². The maximum Gasteiger partial charge on any atom is 0.508 e. The van der Waals surface area contributed by atoms with Gasteiger partial charge >= 0.3 is 6.16 Å². The Morgan fingerprint density at radius 1 is 1.04 bits per heavy atom.